The molecule has 0 aliphatic heterocycles. The van der Waals surface area contributed by atoms with Crippen LogP contribution in [0.2, 0.25) is 0 Å². The number of halogens is 1. The first-order valence-electron chi connectivity index (χ1n) is 6.34. The molecule has 2 aromatic rings. The smallest absolute Gasteiger partial charge is 0.134 e. The molecule has 3 heteroatoms. The summed E-state index contributed by atoms with van der Waals surface area (Å²) >= 11 is 3.54. The van der Waals surface area contributed by atoms with Gasteiger partial charge in [-0.3, -0.25) is 0 Å². The quantitative estimate of drug-likeness (QED) is 0.893. The Kier molecular flexibility index (Phi) is 4.61. The van der Waals surface area contributed by atoms with Gasteiger partial charge in [0.1, 0.15) is 11.9 Å². The molecule has 0 saturated carbocycles. The summed E-state index contributed by atoms with van der Waals surface area (Å²) in [6, 6.07) is 16.2. The standard InChI is InChI=1S/C16H18BrNO/c1-11(18)14-8-9-16(15(17)10-14)19-12(2)13-6-4-3-5-7-13/h3-12H,18H2,1-2H3/t11-,12?/m0/s1. The van der Waals surface area contributed by atoms with E-state index in [2.05, 4.69) is 28.1 Å². The molecule has 19 heavy (non-hydrogen) atoms. The molecule has 2 nitrogen and oxygen atoms in total. The summed E-state index contributed by atoms with van der Waals surface area (Å²) in [7, 11) is 0. The predicted octanol–water partition coefficient (Wildman–Crippen LogP) is 4.61. The van der Waals surface area contributed by atoms with Crippen LogP contribution in [0.4, 0.5) is 0 Å². The maximum atomic E-state index is 5.98. The second-order valence-electron chi connectivity index (χ2n) is 4.65. The highest BCUT2D eigenvalue weighted by molar-refractivity contribution is 9.10. The summed E-state index contributed by atoms with van der Waals surface area (Å²) in [5.41, 5.74) is 8.11. The number of rotatable bonds is 4. The van der Waals surface area contributed by atoms with Crippen molar-refractivity contribution in [2.24, 2.45) is 5.73 Å². The molecule has 0 aliphatic rings. The van der Waals surface area contributed by atoms with E-state index in [1.54, 1.807) is 0 Å². The SMILES string of the molecule is CC(Oc1ccc([C@H](C)N)cc1Br)c1ccccc1. The Morgan fingerprint density at radius 2 is 1.68 bits per heavy atom. The first-order chi connectivity index (χ1) is 9.08. The van der Waals surface area contributed by atoms with Gasteiger partial charge in [-0.2, -0.15) is 0 Å². The molecule has 1 unspecified atom stereocenters. The molecule has 0 aromatic heterocycles. The maximum absolute atomic E-state index is 5.98. The molecular formula is C16H18BrNO. The largest absolute Gasteiger partial charge is 0.485 e. The van der Waals surface area contributed by atoms with Gasteiger partial charge in [0.25, 0.3) is 0 Å². The lowest BCUT2D eigenvalue weighted by Crippen LogP contribution is -2.06. The van der Waals surface area contributed by atoms with Crippen molar-refractivity contribution >= 4 is 15.9 Å². The van der Waals surface area contributed by atoms with Gasteiger partial charge in [0.15, 0.2) is 0 Å². The van der Waals surface area contributed by atoms with Crippen molar-refractivity contribution in [1.82, 2.24) is 0 Å². The van der Waals surface area contributed by atoms with Crippen LogP contribution in [0.5, 0.6) is 5.75 Å². The van der Waals surface area contributed by atoms with Gasteiger partial charge >= 0.3 is 0 Å². The molecular weight excluding hydrogens is 302 g/mol. The third-order valence-corrected chi connectivity index (χ3v) is 3.67. The average Bonchev–Trinajstić information content (AvgIpc) is 2.41. The zero-order valence-corrected chi connectivity index (χ0v) is 12.7. The van der Waals surface area contributed by atoms with Crippen LogP contribution in [-0.2, 0) is 0 Å². The van der Waals surface area contributed by atoms with E-state index in [9.17, 15) is 0 Å². The lowest BCUT2D eigenvalue weighted by Gasteiger charge is -2.17. The molecule has 0 saturated heterocycles. The summed E-state index contributed by atoms with van der Waals surface area (Å²) in [4.78, 5) is 0. The van der Waals surface area contributed by atoms with Gasteiger partial charge in [0.2, 0.25) is 0 Å². The molecule has 2 aromatic carbocycles. The molecule has 0 fully saturated rings. The van der Waals surface area contributed by atoms with E-state index >= 15 is 0 Å². The van der Waals surface area contributed by atoms with E-state index in [-0.39, 0.29) is 12.1 Å². The van der Waals surface area contributed by atoms with Gasteiger partial charge in [0.05, 0.1) is 4.47 Å². The van der Waals surface area contributed by atoms with Crippen LogP contribution in [0.3, 0.4) is 0 Å². The molecule has 0 heterocycles. The van der Waals surface area contributed by atoms with Crippen molar-refractivity contribution in [1.29, 1.82) is 0 Å². The third-order valence-electron chi connectivity index (χ3n) is 3.05. The van der Waals surface area contributed by atoms with E-state index in [0.29, 0.717) is 0 Å². The van der Waals surface area contributed by atoms with Crippen molar-refractivity contribution in [2.75, 3.05) is 0 Å². The van der Waals surface area contributed by atoms with E-state index in [4.69, 9.17) is 10.5 Å². The van der Waals surface area contributed by atoms with Crippen LogP contribution in [0.25, 0.3) is 0 Å². The fraction of sp³-hybridized carbons (Fsp3) is 0.250. The lowest BCUT2D eigenvalue weighted by atomic mass is 10.1. The minimum absolute atomic E-state index is 0.0126. The molecule has 0 bridgehead atoms. The van der Waals surface area contributed by atoms with E-state index in [1.807, 2.05) is 50.2 Å². The average molecular weight is 320 g/mol. The van der Waals surface area contributed by atoms with Crippen LogP contribution < -0.4 is 10.5 Å². The Bertz CT molecular complexity index is 540. The number of ether oxygens (including phenoxy) is 1. The monoisotopic (exact) mass is 319 g/mol. The van der Waals surface area contributed by atoms with Gasteiger partial charge < -0.3 is 10.5 Å². The second-order valence-corrected chi connectivity index (χ2v) is 5.50. The minimum Gasteiger partial charge on any atom is -0.485 e. The summed E-state index contributed by atoms with van der Waals surface area (Å²) < 4.78 is 6.91. The Morgan fingerprint density at radius 1 is 1.00 bits per heavy atom. The molecule has 0 aliphatic carbocycles. The molecule has 2 rings (SSSR count). The first-order valence-corrected chi connectivity index (χ1v) is 7.14. The van der Waals surface area contributed by atoms with E-state index < -0.39 is 0 Å². The zero-order chi connectivity index (χ0) is 13.8. The first kappa shape index (κ1) is 14.1. The lowest BCUT2D eigenvalue weighted by molar-refractivity contribution is 0.225. The summed E-state index contributed by atoms with van der Waals surface area (Å²) in [5.74, 6) is 0.834. The summed E-state index contributed by atoms with van der Waals surface area (Å²) in [6.45, 7) is 4.01. The van der Waals surface area contributed by atoms with E-state index in [0.717, 1.165) is 21.3 Å². The Labute approximate surface area is 122 Å². The number of nitrogens with two attached hydrogens (primary N) is 1. The molecule has 0 spiro atoms. The Balaban J connectivity index is 2.15. The van der Waals surface area contributed by atoms with Crippen LogP contribution in [-0.4, -0.2) is 0 Å². The van der Waals surface area contributed by atoms with Crippen molar-refractivity contribution in [3.8, 4) is 5.75 Å². The van der Waals surface area contributed by atoms with E-state index in [1.165, 1.54) is 0 Å². The van der Waals surface area contributed by atoms with Gasteiger partial charge in [-0.1, -0.05) is 36.4 Å². The Hall–Kier alpha value is -1.32. The van der Waals surface area contributed by atoms with Gasteiger partial charge in [0, 0.05) is 6.04 Å². The van der Waals surface area contributed by atoms with Crippen LogP contribution in [0.15, 0.2) is 53.0 Å². The van der Waals surface area contributed by atoms with Crippen molar-refractivity contribution in [2.45, 2.75) is 26.0 Å². The zero-order valence-electron chi connectivity index (χ0n) is 11.1. The van der Waals surface area contributed by atoms with Crippen molar-refractivity contribution < 1.29 is 4.74 Å². The fourth-order valence-electron chi connectivity index (χ4n) is 1.88. The van der Waals surface area contributed by atoms with Crippen molar-refractivity contribution in [3.05, 3.63) is 64.1 Å². The third kappa shape index (κ3) is 3.58. The van der Waals surface area contributed by atoms with Crippen LogP contribution in [0, 0.1) is 0 Å². The number of hydrogen-bond acceptors (Lipinski definition) is 2. The predicted molar refractivity (Wildman–Crippen MR) is 82.2 cm³/mol. The van der Waals surface area contributed by atoms with Gasteiger partial charge in [-0.05, 0) is 53.0 Å². The van der Waals surface area contributed by atoms with Gasteiger partial charge in [-0.25, -0.2) is 0 Å². The summed E-state index contributed by atoms with van der Waals surface area (Å²) in [6.07, 6.45) is 0.0126. The molecule has 2 N–H and O–H groups in total. The van der Waals surface area contributed by atoms with Gasteiger partial charge in [-0.15, -0.1) is 0 Å². The van der Waals surface area contributed by atoms with Crippen LogP contribution in [0.1, 0.15) is 37.1 Å². The van der Waals surface area contributed by atoms with Crippen molar-refractivity contribution in [3.63, 3.8) is 0 Å². The molecule has 0 radical (unpaired) electrons. The highest BCUT2D eigenvalue weighted by Crippen LogP contribution is 2.31. The fourth-order valence-corrected chi connectivity index (χ4v) is 2.37. The van der Waals surface area contributed by atoms with Crippen LogP contribution >= 0.6 is 15.9 Å². The summed E-state index contributed by atoms with van der Waals surface area (Å²) in [5, 5.41) is 0. The molecule has 0 amide bonds. The highest BCUT2D eigenvalue weighted by Gasteiger charge is 2.10. The second kappa shape index (κ2) is 6.22. The topological polar surface area (TPSA) is 35.2 Å². The molecule has 2 atom stereocenters. The molecule has 100 valence electrons. The maximum Gasteiger partial charge on any atom is 0.134 e. The number of hydrogen-bond donors (Lipinski definition) is 1. The Morgan fingerprint density at radius 3 is 2.26 bits per heavy atom. The minimum atomic E-state index is 0.0126. The number of benzene rings is 2. The highest BCUT2D eigenvalue weighted by atomic mass is 79.9. The normalized spacial score (nSPS) is 13.9.